The van der Waals surface area contributed by atoms with E-state index >= 15 is 0 Å². The summed E-state index contributed by atoms with van der Waals surface area (Å²) >= 11 is 17.0. The maximum atomic E-state index is 11.1. The van der Waals surface area contributed by atoms with Crippen molar-refractivity contribution in [1.82, 2.24) is 29.9 Å². The molecule has 8 nitrogen and oxygen atoms in total. The number of H-pyrrole nitrogens is 1. The van der Waals surface area contributed by atoms with Crippen LogP contribution in [0.5, 0.6) is 0 Å². The van der Waals surface area contributed by atoms with Crippen LogP contribution in [0.2, 0.25) is 15.5 Å². The molecule has 0 aliphatic rings. The Labute approximate surface area is 183 Å². The molecule has 4 aromatic heterocycles. The Hall–Kier alpha value is -1.62. The average Bonchev–Trinajstić information content (AvgIpc) is 2.63. The second-order valence-electron chi connectivity index (χ2n) is 4.58. The molecule has 4 heterocycles. The molecule has 4 rings (SSSR count). The summed E-state index contributed by atoms with van der Waals surface area (Å²) in [5, 5.41) is 1.00. The highest BCUT2D eigenvalue weighted by atomic mass is 36.0. The number of nitrogens with zero attached hydrogens (tertiary/aromatic N) is 5. The van der Waals surface area contributed by atoms with Gasteiger partial charge in [-0.3, -0.25) is 4.79 Å². The monoisotopic (exact) mass is 498 g/mol. The summed E-state index contributed by atoms with van der Waals surface area (Å²) in [6.07, 6.45) is 2.72. The summed E-state index contributed by atoms with van der Waals surface area (Å²) in [6, 6.07) is 6.65. The van der Waals surface area contributed by atoms with Crippen molar-refractivity contribution in [2.75, 3.05) is 0 Å². The standard InChI is InChI=1S/C7H3Cl2N3.C7H4ClN3O.Cl2OS/c8-5-2-1-4-6(12-5)7(9)11-3-10-4;8-5-2-1-4-6(11-5)7(12)10-3-9-4;1-4(2)3/h1-3H;1-3H,(H,9,10,12);. The van der Waals surface area contributed by atoms with Crippen LogP contribution in [0, 0.1) is 0 Å². The molecule has 0 saturated carbocycles. The molecule has 0 fully saturated rings. The summed E-state index contributed by atoms with van der Waals surface area (Å²) in [7, 11) is 7.36. The first-order chi connectivity index (χ1) is 13.3. The van der Waals surface area contributed by atoms with E-state index in [1.54, 1.807) is 24.3 Å². The summed E-state index contributed by atoms with van der Waals surface area (Å²) in [5.41, 5.74) is 1.77. The van der Waals surface area contributed by atoms with E-state index in [4.69, 9.17) is 39.0 Å². The van der Waals surface area contributed by atoms with E-state index in [0.29, 0.717) is 32.0 Å². The van der Waals surface area contributed by atoms with Gasteiger partial charge in [-0.15, -0.1) is 0 Å². The van der Waals surface area contributed by atoms with Crippen molar-refractivity contribution < 1.29 is 4.21 Å². The van der Waals surface area contributed by atoms with Crippen molar-refractivity contribution >= 4 is 87.5 Å². The van der Waals surface area contributed by atoms with Crippen LogP contribution in [-0.4, -0.2) is 34.1 Å². The third kappa shape index (κ3) is 6.77. The zero-order valence-electron chi connectivity index (χ0n) is 13.3. The van der Waals surface area contributed by atoms with Gasteiger partial charge in [0.15, 0.2) is 10.7 Å². The van der Waals surface area contributed by atoms with E-state index in [0.717, 1.165) is 0 Å². The second-order valence-corrected chi connectivity index (χ2v) is 8.24. The smallest absolute Gasteiger partial charge is 0.277 e. The van der Waals surface area contributed by atoms with E-state index in [9.17, 15) is 4.79 Å². The molecule has 0 bridgehead atoms. The van der Waals surface area contributed by atoms with Crippen molar-refractivity contribution in [2.24, 2.45) is 0 Å². The lowest BCUT2D eigenvalue weighted by molar-refractivity contribution is 0.698. The van der Waals surface area contributed by atoms with E-state index in [1.165, 1.54) is 12.7 Å². The Morgan fingerprint density at radius 3 is 1.96 bits per heavy atom. The average molecular weight is 501 g/mol. The first kappa shape index (κ1) is 22.7. The lowest BCUT2D eigenvalue weighted by Crippen LogP contribution is -2.07. The predicted octanol–water partition coefficient (Wildman–Crippen LogP) is 4.35. The minimum Gasteiger partial charge on any atom is -0.311 e. The molecule has 0 spiro atoms. The molecule has 0 radical (unpaired) electrons. The summed E-state index contributed by atoms with van der Waals surface area (Å²) < 4.78 is 9.09. The van der Waals surface area contributed by atoms with E-state index in [2.05, 4.69) is 51.3 Å². The lowest BCUT2D eigenvalue weighted by atomic mass is 10.4. The van der Waals surface area contributed by atoms with Gasteiger partial charge in [0.1, 0.15) is 22.2 Å². The van der Waals surface area contributed by atoms with Crippen LogP contribution in [0.3, 0.4) is 0 Å². The van der Waals surface area contributed by atoms with Crippen molar-refractivity contribution in [3.05, 3.63) is 62.7 Å². The second kappa shape index (κ2) is 10.8. The van der Waals surface area contributed by atoms with Crippen LogP contribution in [0.4, 0.5) is 0 Å². The third-order valence-corrected chi connectivity index (χ3v) is 3.56. The fraction of sp³-hybridized carbons (Fsp3) is 0. The normalized spacial score (nSPS) is 10.2. The number of fused-ring (bicyclic) bond motifs is 2. The van der Waals surface area contributed by atoms with Crippen LogP contribution >= 0.6 is 56.2 Å². The number of aromatic amines is 1. The topological polar surface area (TPSA) is 114 Å². The highest BCUT2D eigenvalue weighted by Gasteiger charge is 2.02. The van der Waals surface area contributed by atoms with Crippen LogP contribution < -0.4 is 5.56 Å². The van der Waals surface area contributed by atoms with Gasteiger partial charge in [-0.2, -0.15) is 0 Å². The number of halogens is 5. The molecule has 0 saturated heterocycles. The van der Waals surface area contributed by atoms with Gasteiger partial charge in [0, 0.05) is 21.4 Å². The van der Waals surface area contributed by atoms with Gasteiger partial charge in [-0.05, 0) is 24.3 Å². The van der Waals surface area contributed by atoms with Gasteiger partial charge in [0.25, 0.3) is 5.56 Å². The number of pyridine rings is 2. The van der Waals surface area contributed by atoms with Crippen LogP contribution in [0.15, 0.2) is 41.7 Å². The quantitative estimate of drug-likeness (QED) is 0.217. The Kier molecular flexibility index (Phi) is 8.74. The van der Waals surface area contributed by atoms with Crippen LogP contribution in [0.1, 0.15) is 0 Å². The Bertz CT molecular complexity index is 1190. The third-order valence-electron chi connectivity index (χ3n) is 2.86. The number of rotatable bonds is 0. The summed E-state index contributed by atoms with van der Waals surface area (Å²) in [4.78, 5) is 33.0. The zero-order valence-corrected chi connectivity index (χ0v) is 17.9. The molecule has 0 aliphatic carbocycles. The molecule has 0 atom stereocenters. The fourth-order valence-corrected chi connectivity index (χ4v) is 2.29. The van der Waals surface area contributed by atoms with Gasteiger partial charge in [0.2, 0.25) is 9.23 Å². The molecule has 0 aromatic carbocycles. The molecule has 14 heteroatoms. The van der Waals surface area contributed by atoms with Gasteiger partial charge in [-0.1, -0.05) is 34.8 Å². The minimum absolute atomic E-state index is 0.269. The van der Waals surface area contributed by atoms with Gasteiger partial charge < -0.3 is 4.98 Å². The minimum atomic E-state index is -1.67. The highest BCUT2D eigenvalue weighted by Crippen LogP contribution is 2.18. The van der Waals surface area contributed by atoms with Crippen molar-refractivity contribution in [2.45, 2.75) is 0 Å². The maximum Gasteiger partial charge on any atom is 0.277 e. The van der Waals surface area contributed by atoms with Crippen molar-refractivity contribution in [3.63, 3.8) is 0 Å². The lowest BCUT2D eigenvalue weighted by Gasteiger charge is -1.96. The van der Waals surface area contributed by atoms with Crippen LogP contribution in [-0.2, 0) is 9.23 Å². The van der Waals surface area contributed by atoms with Crippen molar-refractivity contribution in [3.8, 4) is 0 Å². The predicted molar refractivity (Wildman–Crippen MR) is 112 cm³/mol. The zero-order chi connectivity index (χ0) is 20.7. The molecule has 0 unspecified atom stereocenters. The molecule has 4 aromatic rings. The molecular formula is C14H7Cl5N6O2S. The Morgan fingerprint density at radius 2 is 1.36 bits per heavy atom. The van der Waals surface area contributed by atoms with E-state index in [-0.39, 0.29) is 11.1 Å². The Morgan fingerprint density at radius 1 is 0.821 bits per heavy atom. The van der Waals surface area contributed by atoms with Gasteiger partial charge in [0.05, 0.1) is 17.4 Å². The molecule has 28 heavy (non-hydrogen) atoms. The van der Waals surface area contributed by atoms with Gasteiger partial charge >= 0.3 is 0 Å². The largest absolute Gasteiger partial charge is 0.311 e. The van der Waals surface area contributed by atoms with E-state index < -0.39 is 9.23 Å². The molecule has 0 amide bonds. The summed E-state index contributed by atoms with van der Waals surface area (Å²) in [5.74, 6) is 0. The van der Waals surface area contributed by atoms with E-state index in [1.807, 2.05) is 0 Å². The first-order valence-corrected chi connectivity index (χ1v) is 10.9. The SMILES string of the molecule is Clc1ccc2ncnc(Cl)c2n1.O=S(Cl)Cl.O=c1[nH]cnc2ccc(Cl)nc12. The number of aromatic nitrogens is 6. The van der Waals surface area contributed by atoms with Crippen molar-refractivity contribution in [1.29, 1.82) is 0 Å². The molecule has 146 valence electrons. The molecule has 1 N–H and O–H groups in total. The van der Waals surface area contributed by atoms with Gasteiger partial charge in [-0.25, -0.2) is 29.1 Å². The number of hydrogen-bond donors (Lipinski definition) is 1. The molecular weight excluding hydrogens is 494 g/mol. The highest BCUT2D eigenvalue weighted by molar-refractivity contribution is 8.26. The number of hydrogen-bond acceptors (Lipinski definition) is 7. The Balaban J connectivity index is 0.000000169. The first-order valence-electron chi connectivity index (χ1n) is 6.95. The number of nitrogens with one attached hydrogen (secondary N) is 1. The van der Waals surface area contributed by atoms with Crippen LogP contribution in [0.25, 0.3) is 22.1 Å². The fourth-order valence-electron chi connectivity index (χ4n) is 1.81. The molecule has 0 aliphatic heterocycles. The summed E-state index contributed by atoms with van der Waals surface area (Å²) in [6.45, 7) is 0. The maximum absolute atomic E-state index is 11.1.